The van der Waals surface area contributed by atoms with Crippen molar-refractivity contribution in [3.8, 4) is 0 Å². The molecule has 0 saturated carbocycles. The Labute approximate surface area is 157 Å². The number of hydrogen-bond acceptors (Lipinski definition) is 4. The predicted molar refractivity (Wildman–Crippen MR) is 95.5 cm³/mol. The number of halogens is 5. The van der Waals surface area contributed by atoms with Crippen LogP contribution < -0.4 is 10.6 Å². The maximum absolute atomic E-state index is 12.9. The summed E-state index contributed by atoms with van der Waals surface area (Å²) in [6.45, 7) is 0.399. The number of anilines is 3. The molecule has 4 nitrogen and oxygen atoms in total. The second-order valence-corrected chi connectivity index (χ2v) is 5.97. The van der Waals surface area contributed by atoms with Crippen LogP contribution in [0.5, 0.6) is 0 Å². The van der Waals surface area contributed by atoms with Crippen LogP contribution in [0.2, 0.25) is 5.02 Å². The number of rotatable bonds is 5. The fourth-order valence-electron chi connectivity index (χ4n) is 2.26. The molecule has 1 aromatic heterocycles. The summed E-state index contributed by atoms with van der Waals surface area (Å²) < 4.78 is 51.7. The summed E-state index contributed by atoms with van der Waals surface area (Å²) in [6.07, 6.45) is -3.10. The Morgan fingerprint density at radius 3 is 2.44 bits per heavy atom. The highest BCUT2D eigenvalue weighted by molar-refractivity contribution is 6.31. The first-order valence-electron chi connectivity index (χ1n) is 7.76. The zero-order valence-corrected chi connectivity index (χ0v) is 14.4. The lowest BCUT2D eigenvalue weighted by molar-refractivity contribution is -0.137. The Morgan fingerprint density at radius 2 is 1.74 bits per heavy atom. The smallest absolute Gasteiger partial charge is 0.366 e. The highest BCUT2D eigenvalue weighted by atomic mass is 35.5. The Kier molecular flexibility index (Phi) is 5.46. The van der Waals surface area contributed by atoms with Crippen molar-refractivity contribution in [2.24, 2.45) is 0 Å². The van der Waals surface area contributed by atoms with Crippen LogP contribution in [0.1, 0.15) is 11.1 Å². The molecule has 0 aliphatic carbocycles. The van der Waals surface area contributed by atoms with E-state index in [1.165, 1.54) is 24.4 Å². The van der Waals surface area contributed by atoms with E-state index in [0.717, 1.165) is 17.7 Å². The summed E-state index contributed by atoms with van der Waals surface area (Å²) in [7, 11) is 0. The van der Waals surface area contributed by atoms with Gasteiger partial charge < -0.3 is 10.6 Å². The zero-order chi connectivity index (χ0) is 19.4. The minimum Gasteiger partial charge on any atom is -0.366 e. The largest absolute Gasteiger partial charge is 0.417 e. The number of alkyl halides is 3. The van der Waals surface area contributed by atoms with E-state index >= 15 is 0 Å². The second kappa shape index (κ2) is 7.79. The summed E-state index contributed by atoms with van der Waals surface area (Å²) >= 11 is 5.61. The first kappa shape index (κ1) is 18.9. The van der Waals surface area contributed by atoms with Gasteiger partial charge >= 0.3 is 6.18 Å². The molecule has 3 rings (SSSR count). The lowest BCUT2D eigenvalue weighted by Gasteiger charge is -2.12. The van der Waals surface area contributed by atoms with Gasteiger partial charge in [-0.3, -0.25) is 0 Å². The van der Waals surface area contributed by atoms with Gasteiger partial charge in [0, 0.05) is 18.4 Å². The van der Waals surface area contributed by atoms with E-state index in [2.05, 4.69) is 20.6 Å². The molecule has 0 saturated heterocycles. The lowest BCUT2D eigenvalue weighted by Crippen LogP contribution is -2.07. The topological polar surface area (TPSA) is 49.8 Å². The number of nitrogens with one attached hydrogen (secondary N) is 2. The van der Waals surface area contributed by atoms with Crippen LogP contribution in [-0.4, -0.2) is 9.97 Å². The molecule has 0 aliphatic heterocycles. The van der Waals surface area contributed by atoms with E-state index in [1.807, 2.05) is 0 Å². The van der Waals surface area contributed by atoms with Gasteiger partial charge in [0.05, 0.1) is 10.6 Å². The molecule has 0 amide bonds. The third kappa shape index (κ3) is 5.07. The number of aromatic nitrogens is 2. The van der Waals surface area contributed by atoms with Crippen molar-refractivity contribution >= 4 is 29.1 Å². The predicted octanol–water partition coefficient (Wildman–Crippen LogP) is 5.64. The average Bonchev–Trinajstić information content (AvgIpc) is 2.62. The molecule has 0 aliphatic rings. The monoisotopic (exact) mass is 396 g/mol. The normalized spacial score (nSPS) is 11.3. The molecule has 1 heterocycles. The molecular formula is C18H13ClF4N4. The molecule has 0 spiro atoms. The van der Waals surface area contributed by atoms with Gasteiger partial charge in [0.15, 0.2) is 0 Å². The Morgan fingerprint density at radius 1 is 1.00 bits per heavy atom. The first-order valence-corrected chi connectivity index (χ1v) is 8.14. The minimum absolute atomic E-state index is 0.120. The van der Waals surface area contributed by atoms with E-state index in [9.17, 15) is 17.6 Å². The lowest BCUT2D eigenvalue weighted by atomic mass is 10.2. The summed E-state index contributed by atoms with van der Waals surface area (Å²) in [5.74, 6) is 0.254. The van der Waals surface area contributed by atoms with Crippen LogP contribution in [0, 0.1) is 5.82 Å². The van der Waals surface area contributed by atoms with Gasteiger partial charge in [-0.15, -0.1) is 0 Å². The number of benzene rings is 2. The zero-order valence-electron chi connectivity index (χ0n) is 13.7. The molecule has 9 heteroatoms. The Bertz CT molecular complexity index is 929. The van der Waals surface area contributed by atoms with Crippen molar-refractivity contribution in [3.63, 3.8) is 0 Å². The second-order valence-electron chi connectivity index (χ2n) is 5.56. The Balaban J connectivity index is 1.71. The standard InChI is InChI=1S/C18H13ClF4N4/c19-15-6-5-13(9-14(15)18(21,22)23)26-17-24-8-7-16(27-17)25-10-11-1-3-12(20)4-2-11/h1-9H,10H2,(H2,24,25,26,27). The van der Waals surface area contributed by atoms with Crippen LogP contribution in [0.25, 0.3) is 0 Å². The highest BCUT2D eigenvalue weighted by Crippen LogP contribution is 2.36. The molecule has 2 N–H and O–H groups in total. The van der Waals surface area contributed by atoms with Crippen molar-refractivity contribution in [2.75, 3.05) is 10.6 Å². The van der Waals surface area contributed by atoms with Gasteiger partial charge in [-0.1, -0.05) is 23.7 Å². The SMILES string of the molecule is Fc1ccc(CNc2ccnc(Nc3ccc(Cl)c(C(F)(F)F)c3)n2)cc1. The van der Waals surface area contributed by atoms with Crippen LogP contribution in [0.4, 0.5) is 35.0 Å². The molecule has 0 atom stereocenters. The molecule has 0 bridgehead atoms. The number of nitrogens with zero attached hydrogens (tertiary/aromatic N) is 2. The van der Waals surface area contributed by atoms with Crippen molar-refractivity contribution in [3.05, 3.63) is 76.7 Å². The fourth-order valence-corrected chi connectivity index (χ4v) is 2.49. The van der Waals surface area contributed by atoms with Crippen LogP contribution in [0.3, 0.4) is 0 Å². The molecule has 0 fully saturated rings. The van der Waals surface area contributed by atoms with Gasteiger partial charge in [0.25, 0.3) is 0 Å². The molecular weight excluding hydrogens is 384 g/mol. The van der Waals surface area contributed by atoms with Gasteiger partial charge in [0.2, 0.25) is 5.95 Å². The highest BCUT2D eigenvalue weighted by Gasteiger charge is 2.33. The van der Waals surface area contributed by atoms with Gasteiger partial charge in [-0.2, -0.15) is 18.2 Å². The maximum atomic E-state index is 12.9. The van der Waals surface area contributed by atoms with E-state index in [1.54, 1.807) is 18.2 Å². The molecule has 27 heavy (non-hydrogen) atoms. The molecule has 0 radical (unpaired) electrons. The third-order valence-electron chi connectivity index (χ3n) is 3.57. The summed E-state index contributed by atoms with van der Waals surface area (Å²) in [4.78, 5) is 8.18. The summed E-state index contributed by atoms with van der Waals surface area (Å²) in [5.41, 5.74) is 0.0548. The maximum Gasteiger partial charge on any atom is 0.417 e. The van der Waals surface area contributed by atoms with E-state index in [4.69, 9.17) is 11.6 Å². The molecule has 2 aromatic carbocycles. The van der Waals surface area contributed by atoms with Crippen LogP contribution in [-0.2, 0) is 12.7 Å². The van der Waals surface area contributed by atoms with E-state index in [-0.39, 0.29) is 22.5 Å². The summed E-state index contributed by atoms with van der Waals surface area (Å²) in [5, 5.41) is 5.37. The average molecular weight is 397 g/mol. The van der Waals surface area contributed by atoms with Crippen LogP contribution >= 0.6 is 11.6 Å². The molecule has 140 valence electrons. The summed E-state index contributed by atoms with van der Waals surface area (Å²) in [6, 6.07) is 11.0. The minimum atomic E-state index is -4.56. The molecule has 3 aromatic rings. The first-order chi connectivity index (χ1) is 12.8. The Hall–Kier alpha value is -2.87. The van der Waals surface area contributed by atoms with Gasteiger partial charge in [-0.25, -0.2) is 9.37 Å². The van der Waals surface area contributed by atoms with E-state index < -0.39 is 11.7 Å². The van der Waals surface area contributed by atoms with Gasteiger partial charge in [-0.05, 0) is 42.0 Å². The fraction of sp³-hybridized carbons (Fsp3) is 0.111. The van der Waals surface area contributed by atoms with Crippen molar-refractivity contribution < 1.29 is 17.6 Å². The third-order valence-corrected chi connectivity index (χ3v) is 3.90. The molecule has 0 unspecified atom stereocenters. The van der Waals surface area contributed by atoms with Gasteiger partial charge in [0.1, 0.15) is 11.6 Å². The number of hydrogen-bond donors (Lipinski definition) is 2. The quantitative estimate of drug-likeness (QED) is 0.548. The van der Waals surface area contributed by atoms with E-state index in [0.29, 0.717) is 12.4 Å². The van der Waals surface area contributed by atoms with Crippen molar-refractivity contribution in [2.45, 2.75) is 12.7 Å². The van der Waals surface area contributed by atoms with Crippen molar-refractivity contribution in [1.82, 2.24) is 9.97 Å². The van der Waals surface area contributed by atoms with Crippen LogP contribution in [0.15, 0.2) is 54.7 Å². The van der Waals surface area contributed by atoms with Crippen molar-refractivity contribution in [1.29, 1.82) is 0 Å².